The molecule has 10 rings (SSSR count). The Bertz CT molecular complexity index is 3140. The first-order valence-electron chi connectivity index (χ1n) is 20.0. The predicted octanol–water partition coefficient (Wildman–Crippen LogP) is 13.2. The summed E-state index contributed by atoms with van der Waals surface area (Å²) in [6.45, 7) is 13.6. The van der Waals surface area contributed by atoms with Crippen molar-refractivity contribution < 1.29 is 21.1 Å². The Hall–Kier alpha value is -6.23. The van der Waals surface area contributed by atoms with E-state index >= 15 is 0 Å². The van der Waals surface area contributed by atoms with E-state index in [9.17, 15) is 0 Å². The fourth-order valence-corrected chi connectivity index (χ4v) is 8.10. The average molecular weight is 948 g/mol. The molecule has 0 spiro atoms. The van der Waals surface area contributed by atoms with Crippen molar-refractivity contribution >= 4 is 60.8 Å². The van der Waals surface area contributed by atoms with Gasteiger partial charge in [-0.3, -0.25) is 0 Å². The largest absolute Gasteiger partial charge is 2.00 e. The second kappa shape index (κ2) is 14.5. The molecule has 4 heterocycles. The third kappa shape index (κ3) is 6.76. The summed E-state index contributed by atoms with van der Waals surface area (Å²) in [5.41, 5.74) is 10.3. The molecular weight excluding hydrogens is 904 g/mol. The van der Waals surface area contributed by atoms with Crippen LogP contribution in [0.15, 0.2) is 158 Å². The van der Waals surface area contributed by atoms with Crippen LogP contribution in [0.25, 0.3) is 71.7 Å². The van der Waals surface area contributed by atoms with E-state index in [1.54, 1.807) is 0 Å². The van der Waals surface area contributed by atoms with Crippen molar-refractivity contribution in [1.82, 2.24) is 24.7 Å². The van der Waals surface area contributed by atoms with Crippen molar-refractivity contribution in [2.75, 3.05) is 4.90 Å². The van der Waals surface area contributed by atoms with Gasteiger partial charge in [0, 0.05) is 5.39 Å². The molecule has 4 aromatic heterocycles. The second-order valence-corrected chi connectivity index (χ2v) is 17.3. The maximum atomic E-state index is 5.53. The van der Waals surface area contributed by atoms with Crippen molar-refractivity contribution in [3.63, 3.8) is 0 Å². The minimum atomic E-state index is -0.104. The summed E-state index contributed by atoms with van der Waals surface area (Å²) in [5.74, 6) is 2.26. The molecular formula is C52H44N6Pt. The van der Waals surface area contributed by atoms with E-state index in [0.717, 1.165) is 77.8 Å². The Kier molecular flexibility index (Phi) is 9.44. The number of hydrogen-bond acceptors (Lipinski definition) is 3. The summed E-state index contributed by atoms with van der Waals surface area (Å²) in [4.78, 5) is 18.0. The molecule has 0 N–H and O–H groups in total. The topological polar surface area (TPSA) is 62.2 Å². The molecule has 7 heteroatoms. The van der Waals surface area contributed by atoms with Crippen LogP contribution in [-0.2, 0) is 31.9 Å². The van der Waals surface area contributed by atoms with E-state index in [1.807, 2.05) is 23.0 Å². The summed E-state index contributed by atoms with van der Waals surface area (Å²) in [5, 5.41) is 11.0. The molecule has 0 unspecified atom stereocenters. The van der Waals surface area contributed by atoms with E-state index < -0.39 is 0 Å². The van der Waals surface area contributed by atoms with E-state index in [0.29, 0.717) is 5.82 Å². The van der Waals surface area contributed by atoms with Gasteiger partial charge in [0.25, 0.3) is 0 Å². The molecule has 0 aliphatic carbocycles. The van der Waals surface area contributed by atoms with Crippen molar-refractivity contribution in [1.29, 1.82) is 0 Å². The number of rotatable bonds is 6. The maximum Gasteiger partial charge on any atom is 2.00 e. The average Bonchev–Trinajstić information content (AvgIpc) is 3.94. The molecule has 59 heavy (non-hydrogen) atoms. The van der Waals surface area contributed by atoms with Crippen molar-refractivity contribution in [3.05, 3.63) is 169 Å². The number of anilines is 3. The third-order valence-electron chi connectivity index (χ3n) is 11.3. The molecule has 0 aliphatic rings. The Balaban J connectivity index is 0.00000449. The van der Waals surface area contributed by atoms with Gasteiger partial charge < -0.3 is 14.9 Å². The van der Waals surface area contributed by atoms with E-state index in [4.69, 9.17) is 20.1 Å². The van der Waals surface area contributed by atoms with Crippen LogP contribution in [0, 0.1) is 0 Å². The normalized spacial score (nSPS) is 12.1. The zero-order valence-electron chi connectivity index (χ0n) is 34.0. The summed E-state index contributed by atoms with van der Waals surface area (Å²) < 4.78 is 2.01. The number of para-hydroxylation sites is 2. The van der Waals surface area contributed by atoms with Gasteiger partial charge in [0.05, 0.1) is 17.0 Å². The maximum absolute atomic E-state index is 5.53. The molecule has 0 radical (unpaired) electrons. The number of aromatic nitrogens is 5. The number of benzene rings is 6. The van der Waals surface area contributed by atoms with Gasteiger partial charge in [-0.25, -0.2) is 9.67 Å². The van der Waals surface area contributed by atoms with E-state index in [1.165, 1.54) is 16.5 Å². The first-order valence-corrected chi connectivity index (χ1v) is 20.0. The molecule has 0 fully saturated rings. The van der Waals surface area contributed by atoms with Crippen LogP contribution in [0.3, 0.4) is 0 Å². The monoisotopic (exact) mass is 947 g/mol. The molecule has 6 nitrogen and oxygen atoms in total. The molecule has 10 aromatic rings. The molecule has 292 valence electrons. The molecule has 0 saturated carbocycles. The Morgan fingerprint density at radius 3 is 1.98 bits per heavy atom. The second-order valence-electron chi connectivity index (χ2n) is 17.3. The first-order chi connectivity index (χ1) is 28.0. The van der Waals surface area contributed by atoms with Crippen LogP contribution in [-0.4, -0.2) is 14.8 Å². The zero-order valence-corrected chi connectivity index (χ0v) is 36.3. The van der Waals surface area contributed by atoms with Crippen LogP contribution < -0.4 is 14.9 Å². The summed E-state index contributed by atoms with van der Waals surface area (Å²) >= 11 is 0. The van der Waals surface area contributed by atoms with Crippen molar-refractivity contribution in [3.8, 4) is 28.2 Å². The SMILES string of the molecule is CC(C)(C)c1ccc2[n-]c3c(-c4nn(-c5cc(-c6ccccc6)cc(N(c6ccccc6)c6[n-]cc7ccccc67)n5)c5ccccc45)cc(C(C)(C)C)cc3c2c1.[Pt+2]. The van der Waals surface area contributed by atoms with Gasteiger partial charge in [-0.1, -0.05) is 181 Å². The first kappa shape index (κ1) is 38.3. The zero-order chi connectivity index (χ0) is 39.8. The molecule has 0 aliphatic heterocycles. The molecule has 6 aromatic carbocycles. The summed E-state index contributed by atoms with van der Waals surface area (Å²) in [6.07, 6.45) is 1.94. The number of fused-ring (bicyclic) bond motifs is 5. The Morgan fingerprint density at radius 2 is 1.24 bits per heavy atom. The summed E-state index contributed by atoms with van der Waals surface area (Å²) in [7, 11) is 0. The minimum Gasteiger partial charge on any atom is -0.656 e. The van der Waals surface area contributed by atoms with Crippen LogP contribution >= 0.6 is 0 Å². The van der Waals surface area contributed by atoms with Gasteiger partial charge in [0.15, 0.2) is 5.82 Å². The summed E-state index contributed by atoms with van der Waals surface area (Å²) in [6, 6.07) is 53.3. The molecule has 0 amide bonds. The van der Waals surface area contributed by atoms with Gasteiger partial charge in [-0.2, -0.15) is 5.10 Å². The van der Waals surface area contributed by atoms with Crippen LogP contribution in [0.5, 0.6) is 0 Å². The van der Waals surface area contributed by atoms with Crippen LogP contribution in [0.1, 0.15) is 52.7 Å². The quantitative estimate of drug-likeness (QED) is 0.166. The fourth-order valence-electron chi connectivity index (χ4n) is 8.10. The Morgan fingerprint density at radius 1 is 0.576 bits per heavy atom. The predicted molar refractivity (Wildman–Crippen MR) is 241 cm³/mol. The minimum absolute atomic E-state index is 0. The van der Waals surface area contributed by atoms with Gasteiger partial charge in [-0.15, -0.1) is 11.0 Å². The molecule has 0 bridgehead atoms. The fraction of sp³-hybridized carbons (Fsp3) is 0.154. The molecule has 0 atom stereocenters. The van der Waals surface area contributed by atoms with Gasteiger partial charge in [0.1, 0.15) is 0 Å². The molecule has 0 saturated heterocycles. The number of nitrogens with zero attached hydrogens (tertiary/aromatic N) is 6. The van der Waals surface area contributed by atoms with Crippen LogP contribution in [0.2, 0.25) is 0 Å². The van der Waals surface area contributed by atoms with Gasteiger partial charge >= 0.3 is 21.1 Å². The number of hydrogen-bond donors (Lipinski definition) is 0. The van der Waals surface area contributed by atoms with Crippen molar-refractivity contribution in [2.24, 2.45) is 0 Å². The van der Waals surface area contributed by atoms with Gasteiger partial charge in [0.2, 0.25) is 0 Å². The smallest absolute Gasteiger partial charge is 0.656 e. The Labute approximate surface area is 359 Å². The van der Waals surface area contributed by atoms with Crippen LogP contribution in [0.4, 0.5) is 17.3 Å². The number of pyridine rings is 1. The van der Waals surface area contributed by atoms with Gasteiger partial charge in [-0.05, 0) is 89.9 Å². The van der Waals surface area contributed by atoms with Crippen molar-refractivity contribution in [2.45, 2.75) is 52.4 Å². The van der Waals surface area contributed by atoms with E-state index in [2.05, 4.69) is 186 Å². The van der Waals surface area contributed by atoms with E-state index in [-0.39, 0.29) is 31.9 Å². The third-order valence-corrected chi connectivity index (χ3v) is 11.3. The standard InChI is InChI=1S/C52H44N6.Pt/c1-51(2,3)36-25-26-44-41(29-36)42-30-37(52(4,5)6)31-43(48(42)54-44)49-40-23-15-16-24-45(40)58(56-49)47-28-35(33-17-9-7-10-18-33)27-46(55-47)57(38-20-11-8-12-21-38)50-39-22-14-13-19-34(39)32-53-50;/h7-32H,1-6H3;/q-2;+2.